The Hall–Kier alpha value is -2.47. The Balaban J connectivity index is 1.21. The molecule has 40 heavy (non-hydrogen) atoms. The summed E-state index contributed by atoms with van der Waals surface area (Å²) in [5, 5.41) is 3.74. The van der Waals surface area contributed by atoms with Gasteiger partial charge in [0, 0.05) is 95.5 Å². The van der Waals surface area contributed by atoms with Crippen LogP contribution in [0.1, 0.15) is 0 Å². The van der Waals surface area contributed by atoms with E-state index >= 15 is 0 Å². The van der Waals surface area contributed by atoms with Gasteiger partial charge in [0.25, 0.3) is 0 Å². The van der Waals surface area contributed by atoms with Crippen LogP contribution in [-0.4, -0.2) is 101 Å². The summed E-state index contributed by atoms with van der Waals surface area (Å²) in [7, 11) is 3.96. The van der Waals surface area contributed by atoms with E-state index in [0.29, 0.717) is 19.8 Å². The second-order valence-electron chi connectivity index (χ2n) is 10.6. The number of hydrogen-bond acceptors (Lipinski definition) is 9. The third-order valence-corrected chi connectivity index (χ3v) is 10.3. The Labute approximate surface area is 244 Å². The molecule has 0 spiro atoms. The van der Waals surface area contributed by atoms with Gasteiger partial charge >= 0.3 is 0 Å². The van der Waals surface area contributed by atoms with Crippen molar-refractivity contribution in [1.29, 1.82) is 0 Å². The Kier molecular flexibility index (Phi) is 8.71. The van der Waals surface area contributed by atoms with Gasteiger partial charge in [-0.05, 0) is 37.4 Å². The summed E-state index contributed by atoms with van der Waals surface area (Å²) in [5.41, 5.74) is 3.90. The lowest BCUT2D eigenvalue weighted by Gasteiger charge is -2.35. The molecule has 2 aromatic carbocycles. The van der Waals surface area contributed by atoms with Crippen LogP contribution in [0.4, 0.5) is 11.4 Å². The summed E-state index contributed by atoms with van der Waals surface area (Å²) in [4.78, 5) is 27.7. The van der Waals surface area contributed by atoms with Crippen molar-refractivity contribution in [2.75, 3.05) is 90.0 Å². The van der Waals surface area contributed by atoms with E-state index in [-0.39, 0.29) is 11.6 Å². The molecule has 8 nitrogen and oxygen atoms in total. The first-order chi connectivity index (χ1) is 19.6. The fourth-order valence-electron chi connectivity index (χ4n) is 5.50. The summed E-state index contributed by atoms with van der Waals surface area (Å²) < 4.78 is 11.1. The number of pyridine rings is 1. The number of morpholine rings is 1. The van der Waals surface area contributed by atoms with Crippen molar-refractivity contribution in [3.8, 4) is 11.3 Å². The van der Waals surface area contributed by atoms with Crippen molar-refractivity contribution < 1.29 is 9.47 Å². The predicted octanol–water partition coefficient (Wildman–Crippen LogP) is 4.17. The Morgan fingerprint density at radius 2 is 1.80 bits per heavy atom. The van der Waals surface area contributed by atoms with E-state index in [0.717, 1.165) is 68.4 Å². The maximum Gasteiger partial charge on any atom is 0.250 e. The fourth-order valence-corrected chi connectivity index (χ4v) is 7.91. The molecule has 3 aliphatic heterocycles. The van der Waals surface area contributed by atoms with Crippen molar-refractivity contribution in [3.63, 3.8) is 0 Å². The first-order valence-corrected chi connectivity index (χ1v) is 15.6. The number of ether oxygens (including phenoxy) is 2. The smallest absolute Gasteiger partial charge is 0.250 e. The largest absolute Gasteiger partial charge is 0.383 e. The number of anilines is 2. The van der Waals surface area contributed by atoms with Gasteiger partial charge in [-0.2, -0.15) is 0 Å². The first-order valence-electron chi connectivity index (χ1n) is 13.9. The highest BCUT2D eigenvalue weighted by Gasteiger charge is 2.23. The van der Waals surface area contributed by atoms with E-state index in [2.05, 4.69) is 74.5 Å². The lowest BCUT2D eigenvalue weighted by Crippen LogP contribution is -2.49. The van der Waals surface area contributed by atoms with Gasteiger partial charge < -0.3 is 29.6 Å². The zero-order valence-electron chi connectivity index (χ0n) is 23.2. The highest BCUT2D eigenvalue weighted by atomic mass is 32.2. The van der Waals surface area contributed by atoms with Gasteiger partial charge in [-0.3, -0.25) is 9.69 Å². The number of hydrogen-bond donors (Lipinski definition) is 2. The summed E-state index contributed by atoms with van der Waals surface area (Å²) in [6, 6.07) is 17.0. The topological polar surface area (TPSA) is 73.1 Å². The minimum absolute atomic E-state index is 0.0802. The van der Waals surface area contributed by atoms with Crippen LogP contribution in [0.2, 0.25) is 0 Å². The Bertz CT molecular complexity index is 1390. The van der Waals surface area contributed by atoms with Crippen molar-refractivity contribution in [2.45, 2.75) is 25.6 Å². The molecule has 212 valence electrons. The lowest BCUT2D eigenvalue weighted by molar-refractivity contribution is 0.122. The molecule has 2 saturated heterocycles. The number of nitrogens with one attached hydrogen (secondary N) is 2. The molecule has 0 aliphatic carbocycles. The SMILES string of the molecule is COCC(CN1CCN(C)CC1)Nc1ccc2c(c1)Sc1cccc(-c3cc(N4CCOCC4)cc(=O)[nH]3)c1S2. The predicted molar refractivity (Wildman–Crippen MR) is 163 cm³/mol. The van der Waals surface area contributed by atoms with Gasteiger partial charge in [-0.25, -0.2) is 0 Å². The average Bonchev–Trinajstić information content (AvgIpc) is 2.97. The van der Waals surface area contributed by atoms with Gasteiger partial charge in [0.1, 0.15) is 0 Å². The molecule has 2 N–H and O–H groups in total. The molecule has 3 aromatic rings. The van der Waals surface area contributed by atoms with Crippen molar-refractivity contribution in [1.82, 2.24) is 14.8 Å². The molecule has 0 bridgehead atoms. The van der Waals surface area contributed by atoms with Crippen molar-refractivity contribution in [2.24, 2.45) is 0 Å². The fraction of sp³-hybridized carbons (Fsp3) is 0.433. The van der Waals surface area contributed by atoms with Crippen LogP contribution in [0, 0.1) is 0 Å². The number of rotatable bonds is 8. The van der Waals surface area contributed by atoms with E-state index in [1.54, 1.807) is 36.7 Å². The minimum atomic E-state index is -0.0802. The highest BCUT2D eigenvalue weighted by molar-refractivity contribution is 8.05. The van der Waals surface area contributed by atoms with Gasteiger partial charge in [0.15, 0.2) is 0 Å². The lowest BCUT2D eigenvalue weighted by atomic mass is 10.1. The second kappa shape index (κ2) is 12.6. The van der Waals surface area contributed by atoms with Gasteiger partial charge in [-0.1, -0.05) is 35.7 Å². The number of methoxy groups -OCH3 is 1. The number of nitrogens with zero attached hydrogens (tertiary/aromatic N) is 3. The summed E-state index contributed by atoms with van der Waals surface area (Å²) >= 11 is 3.57. The number of H-pyrrole nitrogens is 1. The maximum absolute atomic E-state index is 12.7. The molecule has 1 unspecified atom stereocenters. The number of aromatic nitrogens is 1. The second-order valence-corrected chi connectivity index (χ2v) is 12.8. The summed E-state index contributed by atoms with van der Waals surface area (Å²) in [6.45, 7) is 9.00. The van der Waals surface area contributed by atoms with Crippen LogP contribution in [0.15, 0.2) is 72.9 Å². The monoisotopic (exact) mass is 579 g/mol. The highest BCUT2D eigenvalue weighted by Crippen LogP contribution is 2.52. The van der Waals surface area contributed by atoms with Crippen LogP contribution in [-0.2, 0) is 9.47 Å². The quantitative estimate of drug-likeness (QED) is 0.320. The van der Waals surface area contributed by atoms with Gasteiger partial charge in [0.2, 0.25) is 5.56 Å². The zero-order valence-corrected chi connectivity index (χ0v) is 24.8. The molecular weight excluding hydrogens is 542 g/mol. The van der Waals surface area contributed by atoms with Crippen LogP contribution < -0.4 is 15.8 Å². The summed E-state index contributed by atoms with van der Waals surface area (Å²) in [5.74, 6) is 0. The van der Waals surface area contributed by atoms with Crippen molar-refractivity contribution >= 4 is 34.9 Å². The van der Waals surface area contributed by atoms with Gasteiger partial charge in [0.05, 0.1) is 31.6 Å². The first kappa shape index (κ1) is 27.7. The normalized spacial score (nSPS) is 18.7. The number of piperazine rings is 1. The minimum Gasteiger partial charge on any atom is -0.383 e. The molecule has 10 heteroatoms. The number of likely N-dealkylation sites (N-methyl/N-ethyl adjacent to an activating group) is 1. The summed E-state index contributed by atoms with van der Waals surface area (Å²) in [6.07, 6.45) is 0. The Morgan fingerprint density at radius 1 is 0.975 bits per heavy atom. The molecule has 1 aromatic heterocycles. The molecule has 0 saturated carbocycles. The van der Waals surface area contributed by atoms with E-state index in [1.165, 1.54) is 19.6 Å². The molecule has 4 heterocycles. The molecule has 1 atom stereocenters. The molecule has 0 radical (unpaired) electrons. The number of fused-ring (bicyclic) bond motifs is 2. The zero-order chi connectivity index (χ0) is 27.5. The molecular formula is C30H37N5O3S2. The van der Waals surface area contributed by atoms with E-state index in [4.69, 9.17) is 9.47 Å². The van der Waals surface area contributed by atoms with E-state index in [1.807, 2.05) is 0 Å². The third kappa shape index (κ3) is 6.37. The van der Waals surface area contributed by atoms with Crippen LogP contribution in [0.3, 0.4) is 0 Å². The average molecular weight is 580 g/mol. The third-order valence-electron chi connectivity index (χ3n) is 7.66. The molecule has 2 fully saturated rings. The van der Waals surface area contributed by atoms with Crippen molar-refractivity contribution in [3.05, 3.63) is 58.9 Å². The maximum atomic E-state index is 12.7. The van der Waals surface area contributed by atoms with Crippen LogP contribution >= 0.6 is 23.5 Å². The molecule has 6 rings (SSSR count). The number of aromatic amines is 1. The molecule has 0 amide bonds. The van der Waals surface area contributed by atoms with Gasteiger partial charge in [-0.15, -0.1) is 0 Å². The number of benzene rings is 2. The van der Waals surface area contributed by atoms with E-state index in [9.17, 15) is 4.79 Å². The molecule has 3 aliphatic rings. The van der Waals surface area contributed by atoms with E-state index < -0.39 is 0 Å². The van der Waals surface area contributed by atoms with Crippen LogP contribution in [0.25, 0.3) is 11.3 Å². The Morgan fingerprint density at radius 3 is 2.60 bits per heavy atom. The standard InChI is InChI=1S/C30H37N5O3S2/c1-33-8-10-34(11-9-33)19-22(20-37-2)31-21-6-7-26-28(16-21)39-27-5-3-4-24(30(27)40-26)25-17-23(18-29(36)32-25)35-12-14-38-15-13-35/h3-7,16-18,22,31H,8-15,19-20H2,1-2H3,(H,32,36). The van der Waals surface area contributed by atoms with Crippen LogP contribution in [0.5, 0.6) is 0 Å².